The maximum atomic E-state index is 13.2. The summed E-state index contributed by atoms with van der Waals surface area (Å²) in [6.07, 6.45) is 3.05. The van der Waals surface area contributed by atoms with E-state index in [4.69, 9.17) is 0 Å². The van der Waals surface area contributed by atoms with Gasteiger partial charge in [-0.25, -0.2) is 23.4 Å². The second-order valence-electron chi connectivity index (χ2n) is 5.80. The number of fused-ring (bicyclic) bond motifs is 1. The molecule has 2 heterocycles. The fraction of sp³-hybridized carbons (Fsp3) is 0.0526. The minimum atomic E-state index is -0.756. The summed E-state index contributed by atoms with van der Waals surface area (Å²) in [5.41, 5.74) is 1.54. The van der Waals surface area contributed by atoms with Crippen LogP contribution in [-0.2, 0) is 4.79 Å². The highest BCUT2D eigenvalue weighted by Gasteiger charge is 2.13. The number of nitrogens with one attached hydrogen (secondary N) is 1. The Labute approximate surface area is 162 Å². The molecule has 2 aromatic carbocycles. The summed E-state index contributed by atoms with van der Waals surface area (Å²) in [4.78, 5) is 20.6. The zero-order valence-electron chi connectivity index (χ0n) is 14.3. The molecule has 0 unspecified atom stereocenters. The quantitative estimate of drug-likeness (QED) is 0.409. The van der Waals surface area contributed by atoms with E-state index < -0.39 is 17.5 Å². The van der Waals surface area contributed by atoms with Gasteiger partial charge < -0.3 is 5.32 Å². The first kappa shape index (κ1) is 18.1. The van der Waals surface area contributed by atoms with Crippen LogP contribution in [0.1, 0.15) is 0 Å². The number of aromatic nitrogens is 4. The number of rotatable bonds is 5. The van der Waals surface area contributed by atoms with Crippen LogP contribution in [0.4, 0.5) is 14.5 Å². The molecule has 4 aromatic rings. The topological polar surface area (TPSA) is 72.7 Å². The van der Waals surface area contributed by atoms with Gasteiger partial charge in [0.05, 0.1) is 23.0 Å². The first-order valence-electron chi connectivity index (χ1n) is 8.23. The number of hydrogen-bond donors (Lipinski definition) is 1. The highest BCUT2D eigenvalue weighted by atomic mass is 32.2. The number of para-hydroxylation sites is 1. The molecule has 0 saturated carbocycles. The van der Waals surface area contributed by atoms with E-state index in [1.165, 1.54) is 18.1 Å². The van der Waals surface area contributed by atoms with Gasteiger partial charge in [0.15, 0.2) is 5.65 Å². The molecule has 0 aliphatic carbocycles. The minimum absolute atomic E-state index is 0.0146. The average Bonchev–Trinajstić information content (AvgIpc) is 3.11. The smallest absolute Gasteiger partial charge is 0.234 e. The van der Waals surface area contributed by atoms with Gasteiger partial charge in [-0.3, -0.25) is 4.79 Å². The standard InChI is InChI=1S/C19H13F2N5OS/c20-12-6-13(21)8-14(7-12)25-17(27)10-28-19-16-9-24-26(18(16)22-11-23-19)15-4-2-1-3-5-15/h1-9,11H,10H2,(H,25,27). The van der Waals surface area contributed by atoms with Crippen molar-refractivity contribution < 1.29 is 13.6 Å². The Morgan fingerprint density at radius 2 is 1.82 bits per heavy atom. The number of hydrogen-bond acceptors (Lipinski definition) is 5. The Bertz CT molecular complexity index is 1130. The van der Waals surface area contributed by atoms with Crippen LogP contribution >= 0.6 is 11.8 Å². The Morgan fingerprint density at radius 1 is 1.07 bits per heavy atom. The summed E-state index contributed by atoms with van der Waals surface area (Å²) in [6, 6.07) is 12.4. The molecule has 0 aliphatic heterocycles. The van der Waals surface area contributed by atoms with Crippen LogP contribution in [0.15, 0.2) is 66.1 Å². The van der Waals surface area contributed by atoms with E-state index in [0.717, 1.165) is 23.9 Å². The number of carbonyl (C=O) groups excluding carboxylic acids is 1. The number of halogens is 2. The fourth-order valence-corrected chi connectivity index (χ4v) is 3.41. The lowest BCUT2D eigenvalue weighted by atomic mass is 10.3. The van der Waals surface area contributed by atoms with Crippen molar-refractivity contribution in [3.63, 3.8) is 0 Å². The number of amides is 1. The van der Waals surface area contributed by atoms with Gasteiger partial charge in [-0.05, 0) is 24.3 Å². The van der Waals surface area contributed by atoms with Crippen LogP contribution in [0.3, 0.4) is 0 Å². The van der Waals surface area contributed by atoms with E-state index in [1.54, 1.807) is 10.9 Å². The first-order valence-corrected chi connectivity index (χ1v) is 9.21. The van der Waals surface area contributed by atoms with Gasteiger partial charge in [-0.1, -0.05) is 30.0 Å². The van der Waals surface area contributed by atoms with Gasteiger partial charge in [0.25, 0.3) is 0 Å². The zero-order chi connectivity index (χ0) is 19.5. The lowest BCUT2D eigenvalue weighted by Gasteiger charge is -2.06. The minimum Gasteiger partial charge on any atom is -0.325 e. The number of nitrogens with zero attached hydrogens (tertiary/aromatic N) is 4. The molecular formula is C19H13F2N5OS. The third kappa shape index (κ3) is 3.84. The summed E-state index contributed by atoms with van der Waals surface area (Å²) in [5, 5.41) is 8.13. The van der Waals surface area contributed by atoms with Gasteiger partial charge in [-0.15, -0.1) is 0 Å². The Hall–Kier alpha value is -3.33. The number of carbonyl (C=O) groups is 1. The lowest BCUT2D eigenvalue weighted by molar-refractivity contribution is -0.113. The van der Waals surface area contributed by atoms with Crippen molar-refractivity contribution in [2.75, 3.05) is 11.1 Å². The zero-order valence-corrected chi connectivity index (χ0v) is 15.2. The predicted molar refractivity (Wildman–Crippen MR) is 102 cm³/mol. The monoisotopic (exact) mass is 397 g/mol. The van der Waals surface area contributed by atoms with Crippen molar-refractivity contribution in [1.29, 1.82) is 0 Å². The fourth-order valence-electron chi connectivity index (χ4n) is 2.65. The molecular weight excluding hydrogens is 384 g/mol. The third-order valence-electron chi connectivity index (χ3n) is 3.82. The number of anilines is 1. The average molecular weight is 397 g/mol. The van der Waals surface area contributed by atoms with Crippen molar-refractivity contribution >= 4 is 34.4 Å². The molecule has 1 N–H and O–H groups in total. The first-order chi connectivity index (χ1) is 13.6. The highest BCUT2D eigenvalue weighted by Crippen LogP contribution is 2.26. The molecule has 9 heteroatoms. The predicted octanol–water partition coefficient (Wildman–Crippen LogP) is 3.82. The molecule has 4 rings (SSSR count). The van der Waals surface area contributed by atoms with Crippen LogP contribution in [0.25, 0.3) is 16.7 Å². The van der Waals surface area contributed by atoms with E-state index >= 15 is 0 Å². The van der Waals surface area contributed by atoms with Gasteiger partial charge in [0.2, 0.25) is 5.91 Å². The van der Waals surface area contributed by atoms with E-state index in [0.29, 0.717) is 16.1 Å². The second kappa shape index (κ2) is 7.73. The van der Waals surface area contributed by atoms with Gasteiger partial charge in [0, 0.05) is 11.8 Å². The van der Waals surface area contributed by atoms with Gasteiger partial charge in [-0.2, -0.15) is 5.10 Å². The highest BCUT2D eigenvalue weighted by molar-refractivity contribution is 8.00. The van der Waals surface area contributed by atoms with Crippen LogP contribution < -0.4 is 5.32 Å². The molecule has 0 spiro atoms. The maximum Gasteiger partial charge on any atom is 0.234 e. The molecule has 2 aromatic heterocycles. The molecule has 28 heavy (non-hydrogen) atoms. The molecule has 0 fully saturated rings. The summed E-state index contributed by atoms with van der Waals surface area (Å²) >= 11 is 1.19. The molecule has 1 amide bonds. The Morgan fingerprint density at radius 3 is 2.57 bits per heavy atom. The summed E-state index contributed by atoms with van der Waals surface area (Å²) < 4.78 is 28.1. The van der Waals surface area contributed by atoms with Crippen LogP contribution in [0, 0.1) is 11.6 Å². The van der Waals surface area contributed by atoms with Crippen molar-refractivity contribution in [3.05, 3.63) is 72.7 Å². The third-order valence-corrected chi connectivity index (χ3v) is 4.82. The Kier molecular flexibility index (Phi) is 4.98. The van der Waals surface area contributed by atoms with Crippen molar-refractivity contribution in [3.8, 4) is 5.69 Å². The van der Waals surface area contributed by atoms with Gasteiger partial charge in [0.1, 0.15) is 23.0 Å². The summed E-state index contributed by atoms with van der Waals surface area (Å²) in [6.45, 7) is 0. The van der Waals surface area contributed by atoms with Crippen molar-refractivity contribution in [2.24, 2.45) is 0 Å². The van der Waals surface area contributed by atoms with E-state index in [2.05, 4.69) is 20.4 Å². The normalized spacial score (nSPS) is 10.9. The molecule has 0 saturated heterocycles. The number of benzene rings is 2. The molecule has 140 valence electrons. The molecule has 0 radical (unpaired) electrons. The largest absolute Gasteiger partial charge is 0.325 e. The van der Waals surface area contributed by atoms with Crippen LogP contribution in [0.2, 0.25) is 0 Å². The Balaban J connectivity index is 1.51. The van der Waals surface area contributed by atoms with Crippen LogP contribution in [0.5, 0.6) is 0 Å². The van der Waals surface area contributed by atoms with Crippen molar-refractivity contribution in [1.82, 2.24) is 19.7 Å². The summed E-state index contributed by atoms with van der Waals surface area (Å²) in [5.74, 6) is -1.90. The van der Waals surface area contributed by atoms with E-state index in [1.807, 2.05) is 30.3 Å². The lowest BCUT2D eigenvalue weighted by Crippen LogP contribution is -2.14. The summed E-state index contributed by atoms with van der Waals surface area (Å²) in [7, 11) is 0. The maximum absolute atomic E-state index is 13.2. The molecule has 6 nitrogen and oxygen atoms in total. The van der Waals surface area contributed by atoms with Crippen molar-refractivity contribution in [2.45, 2.75) is 5.03 Å². The molecule has 0 bridgehead atoms. The molecule has 0 aliphatic rings. The SMILES string of the molecule is O=C(CSc1ncnc2c1cnn2-c1ccccc1)Nc1cc(F)cc(F)c1. The second-order valence-corrected chi connectivity index (χ2v) is 6.77. The number of thioether (sulfide) groups is 1. The molecule has 0 atom stereocenters. The van der Waals surface area contributed by atoms with Crippen LogP contribution in [-0.4, -0.2) is 31.4 Å². The van der Waals surface area contributed by atoms with E-state index in [9.17, 15) is 13.6 Å². The van der Waals surface area contributed by atoms with E-state index in [-0.39, 0.29) is 11.4 Å². The van der Waals surface area contributed by atoms with Gasteiger partial charge >= 0.3 is 0 Å².